The molecular weight excluding hydrogens is 437 g/mol. The number of benzene rings is 3. The third-order valence-corrected chi connectivity index (χ3v) is 5.38. The molecule has 4 heteroatoms. The van der Waals surface area contributed by atoms with Crippen molar-refractivity contribution in [3.8, 4) is 5.75 Å². The predicted molar refractivity (Wildman–Crippen MR) is 114 cm³/mol. The highest BCUT2D eigenvalue weighted by Crippen LogP contribution is 2.33. The lowest BCUT2D eigenvalue weighted by atomic mass is 10.2. The molecule has 1 atom stereocenters. The molecule has 130 valence electrons. The molecule has 0 radical (unpaired) electrons. The second-order valence-electron chi connectivity index (χ2n) is 6.41. The Morgan fingerprint density at radius 1 is 0.962 bits per heavy atom. The van der Waals surface area contributed by atoms with E-state index in [2.05, 4.69) is 57.5 Å². The van der Waals surface area contributed by atoms with Crippen molar-refractivity contribution in [1.82, 2.24) is 4.57 Å². The monoisotopic (exact) mass is 455 g/mol. The molecule has 0 bridgehead atoms. The van der Waals surface area contributed by atoms with Crippen molar-refractivity contribution >= 4 is 50.4 Å². The molecule has 0 aliphatic heterocycles. The number of ether oxygens (including phenoxy) is 1. The lowest BCUT2D eigenvalue weighted by molar-refractivity contribution is -0.137. The fraction of sp³-hybridized carbons (Fsp3) is 0.136. The summed E-state index contributed by atoms with van der Waals surface area (Å²) in [5, 5.41) is 2.31. The van der Waals surface area contributed by atoms with Gasteiger partial charge in [0.1, 0.15) is 11.8 Å². The zero-order valence-corrected chi connectivity index (χ0v) is 16.7. The first-order valence-corrected chi connectivity index (χ1v) is 9.59. The van der Waals surface area contributed by atoms with Crippen molar-refractivity contribution in [1.29, 1.82) is 0 Å². The van der Waals surface area contributed by atoms with Gasteiger partial charge in [-0.1, -0.05) is 36.4 Å². The van der Waals surface area contributed by atoms with Crippen LogP contribution in [0.3, 0.4) is 0 Å². The highest BCUT2D eigenvalue weighted by molar-refractivity contribution is 14.1. The minimum Gasteiger partial charge on any atom is -0.425 e. The average molecular weight is 455 g/mol. The Morgan fingerprint density at radius 2 is 1.65 bits per heavy atom. The number of hydrogen-bond donors (Lipinski definition) is 0. The maximum absolute atomic E-state index is 12.9. The van der Waals surface area contributed by atoms with Crippen LogP contribution in [-0.4, -0.2) is 10.5 Å². The van der Waals surface area contributed by atoms with Crippen LogP contribution in [0.25, 0.3) is 21.8 Å². The van der Waals surface area contributed by atoms with E-state index in [4.69, 9.17) is 4.74 Å². The van der Waals surface area contributed by atoms with Crippen molar-refractivity contribution in [3.63, 3.8) is 0 Å². The summed E-state index contributed by atoms with van der Waals surface area (Å²) in [5.41, 5.74) is 3.03. The number of halogens is 1. The van der Waals surface area contributed by atoms with Gasteiger partial charge in [0.05, 0.1) is 0 Å². The highest BCUT2D eigenvalue weighted by Gasteiger charge is 2.22. The molecule has 3 aromatic carbocycles. The predicted octanol–water partition coefficient (Wildman–Crippen LogP) is 5.87. The minimum atomic E-state index is -0.433. The number of aryl methyl sites for hydroxylation is 1. The Bertz CT molecular complexity index is 1130. The van der Waals surface area contributed by atoms with Crippen LogP contribution in [0.5, 0.6) is 5.75 Å². The number of aromatic nitrogens is 1. The van der Waals surface area contributed by atoms with Gasteiger partial charge in [0, 0.05) is 25.4 Å². The van der Waals surface area contributed by atoms with E-state index in [1.165, 1.54) is 3.57 Å². The number of rotatable bonds is 3. The van der Waals surface area contributed by atoms with Crippen LogP contribution in [0.15, 0.2) is 66.7 Å². The fourth-order valence-electron chi connectivity index (χ4n) is 3.36. The molecule has 4 aromatic rings. The number of nitrogens with zero attached hydrogens (tertiary/aromatic N) is 1. The van der Waals surface area contributed by atoms with Gasteiger partial charge >= 0.3 is 5.97 Å². The number of esters is 1. The smallest absolute Gasteiger partial charge is 0.334 e. The van der Waals surface area contributed by atoms with E-state index in [0.29, 0.717) is 5.75 Å². The van der Waals surface area contributed by atoms with Gasteiger partial charge < -0.3 is 9.30 Å². The lowest BCUT2D eigenvalue weighted by Crippen LogP contribution is -2.21. The van der Waals surface area contributed by atoms with E-state index in [0.717, 1.165) is 27.4 Å². The van der Waals surface area contributed by atoms with E-state index in [-0.39, 0.29) is 5.97 Å². The normalized spacial score (nSPS) is 12.4. The standard InChI is InChI=1S/C22H18INO2/c1-14-7-3-6-10-21(14)26-22(25)15(2)24-19-9-5-4-8-17(19)18-13-16(23)11-12-20(18)24/h3-13,15H,1-2H3. The van der Waals surface area contributed by atoms with Crippen LogP contribution in [0.1, 0.15) is 18.5 Å². The first-order valence-electron chi connectivity index (χ1n) is 8.52. The molecule has 4 rings (SSSR count). The zero-order valence-electron chi connectivity index (χ0n) is 14.6. The first-order chi connectivity index (χ1) is 12.6. The molecule has 0 aliphatic carbocycles. The fourth-order valence-corrected chi connectivity index (χ4v) is 3.85. The third kappa shape index (κ3) is 2.88. The molecule has 0 aliphatic rings. The summed E-state index contributed by atoms with van der Waals surface area (Å²) >= 11 is 2.32. The van der Waals surface area contributed by atoms with Crippen molar-refractivity contribution in [2.24, 2.45) is 0 Å². The summed E-state index contributed by atoms with van der Waals surface area (Å²) in [7, 11) is 0. The molecular formula is C22H18INO2. The lowest BCUT2D eigenvalue weighted by Gasteiger charge is -2.16. The minimum absolute atomic E-state index is 0.263. The van der Waals surface area contributed by atoms with E-state index in [9.17, 15) is 4.79 Å². The van der Waals surface area contributed by atoms with Crippen molar-refractivity contribution < 1.29 is 9.53 Å². The Morgan fingerprint density at radius 3 is 2.46 bits per heavy atom. The summed E-state index contributed by atoms with van der Waals surface area (Å²) < 4.78 is 8.94. The van der Waals surface area contributed by atoms with Crippen LogP contribution in [0.4, 0.5) is 0 Å². The molecule has 0 amide bonds. The topological polar surface area (TPSA) is 31.2 Å². The van der Waals surface area contributed by atoms with Gasteiger partial charge in [-0.05, 0) is 72.3 Å². The van der Waals surface area contributed by atoms with Crippen LogP contribution in [-0.2, 0) is 4.79 Å². The number of fused-ring (bicyclic) bond motifs is 3. The SMILES string of the molecule is Cc1ccccc1OC(=O)C(C)n1c2ccccc2c2cc(I)ccc21. The number of hydrogen-bond acceptors (Lipinski definition) is 2. The van der Waals surface area contributed by atoms with Crippen LogP contribution >= 0.6 is 22.6 Å². The summed E-state index contributed by atoms with van der Waals surface area (Å²) in [6.07, 6.45) is 0. The molecule has 0 fully saturated rings. The summed E-state index contributed by atoms with van der Waals surface area (Å²) in [6, 6.07) is 21.6. The van der Waals surface area contributed by atoms with E-state index < -0.39 is 6.04 Å². The average Bonchev–Trinajstić information content (AvgIpc) is 2.96. The van der Waals surface area contributed by atoms with Crippen molar-refractivity contribution in [3.05, 3.63) is 75.9 Å². The van der Waals surface area contributed by atoms with Crippen LogP contribution < -0.4 is 4.74 Å². The van der Waals surface area contributed by atoms with Gasteiger partial charge in [0.25, 0.3) is 0 Å². The van der Waals surface area contributed by atoms with E-state index in [1.54, 1.807) is 0 Å². The summed E-state index contributed by atoms with van der Waals surface area (Å²) in [6.45, 7) is 3.83. The number of carbonyl (C=O) groups excluding carboxylic acids is 1. The van der Waals surface area contributed by atoms with Gasteiger partial charge in [-0.3, -0.25) is 0 Å². The zero-order chi connectivity index (χ0) is 18.3. The summed E-state index contributed by atoms with van der Waals surface area (Å²) in [4.78, 5) is 12.9. The Hall–Kier alpha value is -2.34. The Labute approximate surface area is 165 Å². The second-order valence-corrected chi connectivity index (χ2v) is 7.66. The molecule has 0 spiro atoms. The molecule has 0 saturated heterocycles. The Balaban J connectivity index is 1.82. The van der Waals surface area contributed by atoms with Gasteiger partial charge in [-0.25, -0.2) is 4.79 Å². The van der Waals surface area contributed by atoms with Crippen molar-refractivity contribution in [2.45, 2.75) is 19.9 Å². The maximum atomic E-state index is 12.9. The van der Waals surface area contributed by atoms with Crippen LogP contribution in [0, 0.1) is 10.5 Å². The molecule has 3 nitrogen and oxygen atoms in total. The molecule has 1 aromatic heterocycles. The molecule has 0 saturated carbocycles. The number of para-hydroxylation sites is 2. The van der Waals surface area contributed by atoms with Gasteiger partial charge in [0.2, 0.25) is 0 Å². The summed E-state index contributed by atoms with van der Waals surface area (Å²) in [5.74, 6) is 0.347. The number of carbonyl (C=O) groups is 1. The van der Waals surface area contributed by atoms with Crippen molar-refractivity contribution in [2.75, 3.05) is 0 Å². The van der Waals surface area contributed by atoms with E-state index in [1.807, 2.05) is 50.2 Å². The quantitative estimate of drug-likeness (QED) is 0.220. The highest BCUT2D eigenvalue weighted by atomic mass is 127. The molecule has 1 heterocycles. The Kier molecular flexibility index (Phi) is 4.44. The van der Waals surface area contributed by atoms with Gasteiger partial charge in [0.15, 0.2) is 0 Å². The largest absolute Gasteiger partial charge is 0.425 e. The van der Waals surface area contributed by atoms with Gasteiger partial charge in [-0.15, -0.1) is 0 Å². The second kappa shape index (κ2) is 6.76. The maximum Gasteiger partial charge on any atom is 0.334 e. The first kappa shape index (κ1) is 17.1. The molecule has 0 N–H and O–H groups in total. The van der Waals surface area contributed by atoms with Crippen LogP contribution in [0.2, 0.25) is 0 Å². The third-order valence-electron chi connectivity index (χ3n) is 4.70. The van der Waals surface area contributed by atoms with E-state index >= 15 is 0 Å². The molecule has 26 heavy (non-hydrogen) atoms. The van der Waals surface area contributed by atoms with Gasteiger partial charge in [-0.2, -0.15) is 0 Å². The molecule has 1 unspecified atom stereocenters.